The molecule has 0 spiro atoms. The Hall–Kier alpha value is -2.03. The summed E-state index contributed by atoms with van der Waals surface area (Å²) in [5, 5.41) is 12.3. The van der Waals surface area contributed by atoms with E-state index in [1.807, 2.05) is 20.8 Å². The van der Waals surface area contributed by atoms with Crippen LogP contribution in [0.15, 0.2) is 18.2 Å². The summed E-state index contributed by atoms with van der Waals surface area (Å²) in [5.41, 5.74) is 0.161. The van der Waals surface area contributed by atoms with Gasteiger partial charge in [-0.05, 0) is 30.9 Å². The molecule has 0 saturated carbocycles. The van der Waals surface area contributed by atoms with Crippen molar-refractivity contribution in [2.24, 2.45) is 5.84 Å². The zero-order valence-corrected chi connectivity index (χ0v) is 15.4. The summed E-state index contributed by atoms with van der Waals surface area (Å²) < 4.78 is 10.7. The van der Waals surface area contributed by atoms with Crippen LogP contribution >= 0.6 is 0 Å². The molecule has 1 rings (SSSR count). The Morgan fingerprint density at radius 2 is 1.84 bits per heavy atom. The van der Waals surface area contributed by atoms with Crippen molar-refractivity contribution in [1.29, 1.82) is 0 Å². The van der Waals surface area contributed by atoms with E-state index in [0.29, 0.717) is 13.2 Å². The van der Waals surface area contributed by atoms with E-state index in [9.17, 15) is 14.9 Å². The van der Waals surface area contributed by atoms with E-state index in [1.165, 1.54) is 12.1 Å². The molecular formula is C17H27N3O5. The Morgan fingerprint density at radius 1 is 1.28 bits per heavy atom. The standard InChI is InChI=1S/C17H27N3O5/c1-6-24-15(25-7-2)11-19(18)16(21)13-9-8-12(17(3,4)5)10-14(13)20(22)23/h8-10,15H,6-7,11,18H2,1-5H3. The Bertz CT molecular complexity index is 607. The third-order valence-corrected chi connectivity index (χ3v) is 3.60. The Morgan fingerprint density at radius 3 is 2.28 bits per heavy atom. The predicted octanol–water partition coefficient (Wildman–Crippen LogP) is 2.61. The number of hydrogen-bond acceptors (Lipinski definition) is 6. The molecule has 25 heavy (non-hydrogen) atoms. The van der Waals surface area contributed by atoms with Crippen molar-refractivity contribution in [2.75, 3.05) is 19.8 Å². The number of carbonyl (C=O) groups is 1. The highest BCUT2D eigenvalue weighted by Gasteiger charge is 2.27. The molecule has 0 aliphatic carbocycles. The second-order valence-corrected chi connectivity index (χ2v) is 6.54. The first-order chi connectivity index (χ1) is 11.6. The molecule has 0 aromatic heterocycles. The second-order valence-electron chi connectivity index (χ2n) is 6.54. The van der Waals surface area contributed by atoms with Crippen LogP contribution < -0.4 is 5.84 Å². The number of nitro benzene ring substituents is 1. The van der Waals surface area contributed by atoms with Crippen LogP contribution in [0.5, 0.6) is 0 Å². The molecule has 8 nitrogen and oxygen atoms in total. The van der Waals surface area contributed by atoms with Gasteiger partial charge in [-0.15, -0.1) is 0 Å². The molecule has 0 atom stereocenters. The fraction of sp³-hybridized carbons (Fsp3) is 0.588. The van der Waals surface area contributed by atoms with E-state index in [4.69, 9.17) is 15.3 Å². The molecule has 1 aromatic rings. The van der Waals surface area contributed by atoms with Gasteiger partial charge in [-0.25, -0.2) is 5.84 Å². The molecule has 0 fully saturated rings. The summed E-state index contributed by atoms with van der Waals surface area (Å²) in [6.07, 6.45) is -0.683. The largest absolute Gasteiger partial charge is 0.351 e. The van der Waals surface area contributed by atoms with E-state index in [-0.39, 0.29) is 23.2 Å². The van der Waals surface area contributed by atoms with Crippen LogP contribution in [0.4, 0.5) is 5.69 Å². The SMILES string of the molecule is CCOC(CN(N)C(=O)c1ccc(C(C)(C)C)cc1[N+](=O)[O-])OCC. The van der Waals surface area contributed by atoms with Crippen molar-refractivity contribution in [3.8, 4) is 0 Å². The Labute approximate surface area is 148 Å². The highest BCUT2D eigenvalue weighted by atomic mass is 16.7. The van der Waals surface area contributed by atoms with E-state index >= 15 is 0 Å². The van der Waals surface area contributed by atoms with Gasteiger partial charge in [0.15, 0.2) is 6.29 Å². The van der Waals surface area contributed by atoms with Crippen molar-refractivity contribution >= 4 is 11.6 Å². The van der Waals surface area contributed by atoms with E-state index < -0.39 is 17.1 Å². The minimum Gasteiger partial charge on any atom is -0.351 e. The van der Waals surface area contributed by atoms with Gasteiger partial charge in [-0.2, -0.15) is 0 Å². The van der Waals surface area contributed by atoms with E-state index in [0.717, 1.165) is 10.6 Å². The molecule has 0 aliphatic heterocycles. The number of nitro groups is 1. The number of amides is 1. The van der Waals surface area contributed by atoms with Crippen LogP contribution in [0.3, 0.4) is 0 Å². The van der Waals surface area contributed by atoms with Crippen LogP contribution in [-0.4, -0.2) is 41.9 Å². The molecule has 0 saturated heterocycles. The van der Waals surface area contributed by atoms with Gasteiger partial charge in [0.2, 0.25) is 0 Å². The monoisotopic (exact) mass is 353 g/mol. The maximum atomic E-state index is 12.6. The molecule has 0 unspecified atom stereocenters. The molecule has 0 bridgehead atoms. The third-order valence-electron chi connectivity index (χ3n) is 3.60. The summed E-state index contributed by atoms with van der Waals surface area (Å²) in [6, 6.07) is 4.57. The maximum absolute atomic E-state index is 12.6. The molecule has 2 N–H and O–H groups in total. The van der Waals surface area contributed by atoms with Gasteiger partial charge in [0.1, 0.15) is 5.56 Å². The lowest BCUT2D eigenvalue weighted by Crippen LogP contribution is -2.44. The zero-order chi connectivity index (χ0) is 19.2. The summed E-state index contributed by atoms with van der Waals surface area (Å²) in [6.45, 7) is 10.2. The first-order valence-corrected chi connectivity index (χ1v) is 8.20. The molecule has 140 valence electrons. The smallest absolute Gasteiger partial charge is 0.282 e. The van der Waals surface area contributed by atoms with Gasteiger partial charge in [0, 0.05) is 19.3 Å². The van der Waals surface area contributed by atoms with Gasteiger partial charge in [-0.1, -0.05) is 26.8 Å². The molecule has 0 heterocycles. The number of nitrogens with two attached hydrogens (primary N) is 1. The fourth-order valence-corrected chi connectivity index (χ4v) is 2.25. The van der Waals surface area contributed by atoms with Crippen molar-refractivity contribution in [2.45, 2.75) is 46.3 Å². The Balaban J connectivity index is 3.09. The first kappa shape index (κ1) is 21.0. The third kappa shape index (κ3) is 5.77. The number of rotatable bonds is 8. The number of hydrogen-bond donors (Lipinski definition) is 1. The lowest BCUT2D eigenvalue weighted by molar-refractivity contribution is -0.385. The maximum Gasteiger partial charge on any atom is 0.282 e. The number of benzene rings is 1. The van der Waals surface area contributed by atoms with Gasteiger partial charge < -0.3 is 9.47 Å². The van der Waals surface area contributed by atoms with Crippen LogP contribution in [0.25, 0.3) is 0 Å². The summed E-state index contributed by atoms with van der Waals surface area (Å²) in [4.78, 5) is 23.4. The average Bonchev–Trinajstić information content (AvgIpc) is 2.53. The zero-order valence-electron chi connectivity index (χ0n) is 15.4. The van der Waals surface area contributed by atoms with Crippen LogP contribution in [0.1, 0.15) is 50.5 Å². The number of carbonyl (C=O) groups excluding carboxylic acids is 1. The quantitative estimate of drug-likeness (QED) is 0.253. The second kappa shape index (κ2) is 8.89. The van der Waals surface area contributed by atoms with Crippen molar-refractivity contribution in [1.82, 2.24) is 5.01 Å². The summed E-state index contributed by atoms with van der Waals surface area (Å²) >= 11 is 0. The molecule has 1 amide bonds. The van der Waals surface area contributed by atoms with Gasteiger partial charge in [0.25, 0.3) is 11.6 Å². The van der Waals surface area contributed by atoms with Gasteiger partial charge >= 0.3 is 0 Å². The normalized spacial score (nSPS) is 11.6. The highest BCUT2D eigenvalue weighted by molar-refractivity contribution is 5.98. The number of hydrazine groups is 1. The number of nitrogens with zero attached hydrogens (tertiary/aromatic N) is 2. The topological polar surface area (TPSA) is 108 Å². The predicted molar refractivity (Wildman–Crippen MR) is 94.1 cm³/mol. The Kier molecular flexibility index (Phi) is 7.47. The molecule has 1 aromatic carbocycles. The summed E-state index contributed by atoms with van der Waals surface area (Å²) in [5.74, 6) is 5.15. The lowest BCUT2D eigenvalue weighted by atomic mass is 9.86. The van der Waals surface area contributed by atoms with Gasteiger partial charge in [-0.3, -0.25) is 19.9 Å². The fourth-order valence-electron chi connectivity index (χ4n) is 2.25. The molecule has 0 aliphatic rings. The minimum atomic E-state index is -0.683. The molecular weight excluding hydrogens is 326 g/mol. The highest BCUT2D eigenvalue weighted by Crippen LogP contribution is 2.29. The van der Waals surface area contributed by atoms with Crippen LogP contribution in [0, 0.1) is 10.1 Å². The van der Waals surface area contributed by atoms with Gasteiger partial charge in [0.05, 0.1) is 11.5 Å². The molecule has 0 radical (unpaired) electrons. The first-order valence-electron chi connectivity index (χ1n) is 8.20. The minimum absolute atomic E-state index is 0.0291. The van der Waals surface area contributed by atoms with Crippen LogP contribution in [-0.2, 0) is 14.9 Å². The summed E-state index contributed by atoms with van der Waals surface area (Å²) in [7, 11) is 0. The number of ether oxygens (including phenoxy) is 2. The van der Waals surface area contributed by atoms with E-state index in [2.05, 4.69) is 0 Å². The van der Waals surface area contributed by atoms with E-state index in [1.54, 1.807) is 19.9 Å². The average molecular weight is 353 g/mol. The van der Waals surface area contributed by atoms with Crippen molar-refractivity contribution in [3.63, 3.8) is 0 Å². The molecule has 8 heteroatoms. The van der Waals surface area contributed by atoms with Crippen molar-refractivity contribution in [3.05, 3.63) is 39.4 Å². The van der Waals surface area contributed by atoms with Crippen molar-refractivity contribution < 1.29 is 19.2 Å². The van der Waals surface area contributed by atoms with Crippen LogP contribution in [0.2, 0.25) is 0 Å². The lowest BCUT2D eigenvalue weighted by Gasteiger charge is -2.24.